The van der Waals surface area contributed by atoms with Gasteiger partial charge in [0.15, 0.2) is 0 Å². The lowest BCUT2D eigenvalue weighted by molar-refractivity contribution is -0.385. The van der Waals surface area contributed by atoms with Crippen LogP contribution in [0.2, 0.25) is 0 Å². The van der Waals surface area contributed by atoms with E-state index in [1.165, 1.54) is 12.1 Å². The SMILES string of the molecule is CNC(=O)c1ccc(CN(C(=O)c2ccccc2[N+](=O)[O-])C2CC2)cc1. The molecule has 2 amide bonds. The van der Waals surface area contributed by atoms with Crippen LogP contribution in [0, 0.1) is 10.1 Å². The lowest BCUT2D eigenvalue weighted by Crippen LogP contribution is -2.33. The normalized spacial score (nSPS) is 13.1. The first-order valence-corrected chi connectivity index (χ1v) is 8.36. The van der Waals surface area contributed by atoms with E-state index in [9.17, 15) is 19.7 Å². The molecule has 1 saturated carbocycles. The summed E-state index contributed by atoms with van der Waals surface area (Å²) in [4.78, 5) is 36.9. The number of rotatable bonds is 6. The molecule has 1 aliphatic rings. The zero-order valence-electron chi connectivity index (χ0n) is 14.3. The van der Waals surface area contributed by atoms with Crippen LogP contribution in [0.25, 0.3) is 0 Å². The highest BCUT2D eigenvalue weighted by molar-refractivity contribution is 5.98. The van der Waals surface area contributed by atoms with E-state index in [1.54, 1.807) is 48.3 Å². The molecule has 1 N–H and O–H groups in total. The maximum Gasteiger partial charge on any atom is 0.282 e. The summed E-state index contributed by atoms with van der Waals surface area (Å²) in [6, 6.07) is 13.1. The van der Waals surface area contributed by atoms with Crippen molar-refractivity contribution in [1.82, 2.24) is 10.2 Å². The highest BCUT2D eigenvalue weighted by atomic mass is 16.6. The second-order valence-corrected chi connectivity index (χ2v) is 6.21. The number of hydrogen-bond acceptors (Lipinski definition) is 4. The maximum atomic E-state index is 12.9. The largest absolute Gasteiger partial charge is 0.355 e. The summed E-state index contributed by atoms with van der Waals surface area (Å²) in [5.74, 6) is -0.512. The Bertz CT molecular complexity index is 844. The summed E-state index contributed by atoms with van der Waals surface area (Å²) in [6.45, 7) is 0.351. The van der Waals surface area contributed by atoms with Gasteiger partial charge in [-0.05, 0) is 36.6 Å². The van der Waals surface area contributed by atoms with Crippen molar-refractivity contribution < 1.29 is 14.5 Å². The Morgan fingerprint density at radius 1 is 1.15 bits per heavy atom. The molecule has 0 aliphatic heterocycles. The van der Waals surface area contributed by atoms with Gasteiger partial charge in [0.2, 0.25) is 0 Å². The van der Waals surface area contributed by atoms with E-state index in [0.717, 1.165) is 18.4 Å². The van der Waals surface area contributed by atoms with Crippen LogP contribution in [0.4, 0.5) is 5.69 Å². The quantitative estimate of drug-likeness (QED) is 0.638. The van der Waals surface area contributed by atoms with Crippen molar-refractivity contribution in [3.63, 3.8) is 0 Å². The van der Waals surface area contributed by atoms with E-state index in [-0.39, 0.29) is 29.1 Å². The second kappa shape index (κ2) is 7.35. The lowest BCUT2D eigenvalue weighted by Gasteiger charge is -2.22. The molecule has 7 nitrogen and oxygen atoms in total. The minimum absolute atomic E-state index is 0.0981. The highest BCUT2D eigenvalue weighted by Gasteiger charge is 2.35. The molecule has 0 atom stereocenters. The number of hydrogen-bond donors (Lipinski definition) is 1. The Morgan fingerprint density at radius 2 is 1.81 bits per heavy atom. The van der Waals surface area contributed by atoms with Gasteiger partial charge < -0.3 is 10.2 Å². The van der Waals surface area contributed by atoms with Crippen LogP contribution in [-0.4, -0.2) is 34.7 Å². The molecule has 7 heteroatoms. The van der Waals surface area contributed by atoms with Crippen molar-refractivity contribution in [3.8, 4) is 0 Å². The van der Waals surface area contributed by atoms with Gasteiger partial charge in [0.05, 0.1) is 4.92 Å². The van der Waals surface area contributed by atoms with Crippen LogP contribution in [0.15, 0.2) is 48.5 Å². The van der Waals surface area contributed by atoms with Crippen LogP contribution in [0.1, 0.15) is 39.1 Å². The van der Waals surface area contributed by atoms with Crippen LogP contribution in [0.5, 0.6) is 0 Å². The molecule has 0 heterocycles. The maximum absolute atomic E-state index is 12.9. The summed E-state index contributed by atoms with van der Waals surface area (Å²) in [5.41, 5.74) is 1.33. The Balaban J connectivity index is 1.83. The second-order valence-electron chi connectivity index (χ2n) is 6.21. The van der Waals surface area contributed by atoms with Gasteiger partial charge >= 0.3 is 0 Å². The average molecular weight is 353 g/mol. The number of carbonyl (C=O) groups excluding carboxylic acids is 2. The Labute approximate surface area is 150 Å². The third-order valence-electron chi connectivity index (χ3n) is 4.38. The highest BCUT2D eigenvalue weighted by Crippen LogP contribution is 2.31. The van der Waals surface area contributed by atoms with Gasteiger partial charge in [-0.25, -0.2) is 0 Å². The standard InChI is InChI=1S/C19H19N3O4/c1-20-18(23)14-8-6-13(7-9-14)12-21(15-10-11-15)19(24)16-4-2-3-5-17(16)22(25)26/h2-9,15H,10-12H2,1H3,(H,20,23). The summed E-state index contributed by atoms with van der Waals surface area (Å²) >= 11 is 0. The number of nitrogens with one attached hydrogen (secondary N) is 1. The zero-order valence-corrected chi connectivity index (χ0v) is 14.3. The Hall–Kier alpha value is -3.22. The fourth-order valence-corrected chi connectivity index (χ4v) is 2.82. The number of nitro benzene ring substituents is 1. The van der Waals surface area contributed by atoms with Crippen molar-refractivity contribution in [3.05, 3.63) is 75.3 Å². The number of amides is 2. The van der Waals surface area contributed by atoms with Crippen molar-refractivity contribution in [2.75, 3.05) is 7.05 Å². The molecular formula is C19H19N3O4. The van der Waals surface area contributed by atoms with E-state index in [2.05, 4.69) is 5.32 Å². The smallest absolute Gasteiger partial charge is 0.282 e. The minimum Gasteiger partial charge on any atom is -0.355 e. The summed E-state index contributed by atoms with van der Waals surface area (Å²) in [5, 5.41) is 13.8. The molecule has 0 radical (unpaired) electrons. The fourth-order valence-electron chi connectivity index (χ4n) is 2.82. The molecule has 134 valence electrons. The number of nitro groups is 1. The molecule has 2 aromatic carbocycles. The van der Waals surface area contributed by atoms with Crippen molar-refractivity contribution >= 4 is 17.5 Å². The predicted molar refractivity (Wildman–Crippen MR) is 95.8 cm³/mol. The van der Waals surface area contributed by atoms with Crippen molar-refractivity contribution in [2.45, 2.75) is 25.4 Å². The Morgan fingerprint density at radius 3 is 2.38 bits per heavy atom. The van der Waals surface area contributed by atoms with Crippen LogP contribution in [-0.2, 0) is 6.54 Å². The van der Waals surface area contributed by atoms with E-state index < -0.39 is 4.92 Å². The molecule has 26 heavy (non-hydrogen) atoms. The topological polar surface area (TPSA) is 92.6 Å². The minimum atomic E-state index is -0.531. The number of benzene rings is 2. The monoisotopic (exact) mass is 353 g/mol. The first-order valence-electron chi connectivity index (χ1n) is 8.36. The molecule has 0 unspecified atom stereocenters. The number of carbonyl (C=O) groups is 2. The van der Waals surface area contributed by atoms with E-state index in [4.69, 9.17) is 0 Å². The molecule has 0 aromatic heterocycles. The molecular weight excluding hydrogens is 334 g/mol. The van der Waals surface area contributed by atoms with E-state index in [0.29, 0.717) is 12.1 Å². The number of nitrogens with zero attached hydrogens (tertiary/aromatic N) is 2. The number of para-hydroxylation sites is 1. The summed E-state index contributed by atoms with van der Waals surface area (Å²) in [7, 11) is 1.57. The average Bonchev–Trinajstić information content (AvgIpc) is 3.50. The molecule has 0 saturated heterocycles. The van der Waals surface area contributed by atoms with Crippen LogP contribution in [0.3, 0.4) is 0 Å². The van der Waals surface area contributed by atoms with E-state index in [1.807, 2.05) is 0 Å². The third-order valence-corrected chi connectivity index (χ3v) is 4.38. The van der Waals surface area contributed by atoms with E-state index >= 15 is 0 Å². The molecule has 1 fully saturated rings. The summed E-state index contributed by atoms with van der Waals surface area (Å²) < 4.78 is 0. The third kappa shape index (κ3) is 3.72. The molecule has 2 aromatic rings. The lowest BCUT2D eigenvalue weighted by atomic mass is 10.1. The van der Waals surface area contributed by atoms with Gasteiger partial charge in [-0.2, -0.15) is 0 Å². The first kappa shape index (κ1) is 17.6. The molecule has 3 rings (SSSR count). The van der Waals surface area contributed by atoms with Gasteiger partial charge in [-0.1, -0.05) is 24.3 Å². The summed E-state index contributed by atoms with van der Waals surface area (Å²) in [6.07, 6.45) is 1.78. The van der Waals surface area contributed by atoms with Gasteiger partial charge in [-0.3, -0.25) is 19.7 Å². The zero-order chi connectivity index (χ0) is 18.7. The van der Waals surface area contributed by atoms with Gasteiger partial charge in [-0.15, -0.1) is 0 Å². The van der Waals surface area contributed by atoms with Gasteiger partial charge in [0.1, 0.15) is 5.56 Å². The first-order chi connectivity index (χ1) is 12.5. The van der Waals surface area contributed by atoms with Crippen molar-refractivity contribution in [2.24, 2.45) is 0 Å². The van der Waals surface area contributed by atoms with Crippen LogP contribution >= 0.6 is 0 Å². The van der Waals surface area contributed by atoms with Gasteiger partial charge in [0, 0.05) is 31.3 Å². The molecule has 1 aliphatic carbocycles. The molecule has 0 bridgehead atoms. The molecule has 0 spiro atoms. The Kier molecular flexibility index (Phi) is 4.97. The van der Waals surface area contributed by atoms with Crippen LogP contribution < -0.4 is 5.32 Å². The van der Waals surface area contributed by atoms with Gasteiger partial charge in [0.25, 0.3) is 17.5 Å². The predicted octanol–water partition coefficient (Wildman–Crippen LogP) is 2.76. The fraction of sp³-hybridized carbons (Fsp3) is 0.263. The van der Waals surface area contributed by atoms with Crippen molar-refractivity contribution in [1.29, 1.82) is 0 Å².